The van der Waals surface area contributed by atoms with Gasteiger partial charge in [-0.25, -0.2) is 0 Å². The van der Waals surface area contributed by atoms with Crippen molar-refractivity contribution >= 4 is 24.1 Å². The van der Waals surface area contributed by atoms with Crippen LogP contribution in [-0.4, -0.2) is 36.2 Å². The molecule has 2 aromatic rings. The van der Waals surface area contributed by atoms with E-state index in [-0.39, 0.29) is 30.1 Å². The molecule has 26 heavy (non-hydrogen) atoms. The molecular weight excluding hydrogens is 348 g/mol. The van der Waals surface area contributed by atoms with Crippen LogP contribution in [0.15, 0.2) is 54.6 Å². The average Bonchev–Trinajstić information content (AvgIpc) is 2.65. The zero-order valence-corrected chi connectivity index (χ0v) is 16.3. The largest absolute Gasteiger partial charge is 0.342 e. The highest BCUT2D eigenvalue weighted by Gasteiger charge is 2.21. The van der Waals surface area contributed by atoms with Crippen LogP contribution in [0.1, 0.15) is 46.5 Å². The SMILES string of the molecule is CC(C)C(N)CCN(C)C(=O)c1ccccc1C(=O)c1ccccc1.Cl. The Kier molecular flexibility index (Phi) is 8.49. The van der Waals surface area contributed by atoms with E-state index in [2.05, 4.69) is 13.8 Å². The number of carbonyl (C=O) groups is 2. The number of ketones is 1. The monoisotopic (exact) mass is 374 g/mol. The molecule has 0 saturated carbocycles. The van der Waals surface area contributed by atoms with E-state index in [1.807, 2.05) is 18.2 Å². The number of hydrogen-bond donors (Lipinski definition) is 1. The summed E-state index contributed by atoms with van der Waals surface area (Å²) >= 11 is 0. The predicted octanol–water partition coefficient (Wildman–Crippen LogP) is 3.78. The Morgan fingerprint density at radius 3 is 2.08 bits per heavy atom. The van der Waals surface area contributed by atoms with E-state index >= 15 is 0 Å². The number of carbonyl (C=O) groups excluding carboxylic acids is 2. The molecule has 0 spiro atoms. The van der Waals surface area contributed by atoms with E-state index < -0.39 is 0 Å². The van der Waals surface area contributed by atoms with Gasteiger partial charge in [-0.15, -0.1) is 12.4 Å². The highest BCUT2D eigenvalue weighted by atomic mass is 35.5. The van der Waals surface area contributed by atoms with Gasteiger partial charge in [-0.05, 0) is 18.4 Å². The normalized spacial score (nSPS) is 11.6. The lowest BCUT2D eigenvalue weighted by Crippen LogP contribution is -2.35. The minimum atomic E-state index is -0.157. The second-order valence-electron chi connectivity index (χ2n) is 6.66. The first-order valence-corrected chi connectivity index (χ1v) is 8.61. The van der Waals surface area contributed by atoms with Crippen molar-refractivity contribution in [2.24, 2.45) is 11.7 Å². The van der Waals surface area contributed by atoms with Gasteiger partial charge in [0.05, 0.1) is 5.56 Å². The molecule has 0 aliphatic carbocycles. The summed E-state index contributed by atoms with van der Waals surface area (Å²) in [7, 11) is 1.75. The van der Waals surface area contributed by atoms with Crippen LogP contribution in [0.4, 0.5) is 0 Å². The second-order valence-corrected chi connectivity index (χ2v) is 6.66. The Balaban J connectivity index is 0.00000338. The fourth-order valence-corrected chi connectivity index (χ4v) is 2.60. The number of hydrogen-bond acceptors (Lipinski definition) is 3. The van der Waals surface area contributed by atoms with Gasteiger partial charge in [0.1, 0.15) is 0 Å². The summed E-state index contributed by atoms with van der Waals surface area (Å²) in [5.74, 6) is 0.0723. The van der Waals surface area contributed by atoms with Crippen LogP contribution < -0.4 is 5.73 Å². The van der Waals surface area contributed by atoms with E-state index in [1.165, 1.54) is 0 Å². The quantitative estimate of drug-likeness (QED) is 0.750. The van der Waals surface area contributed by atoms with Crippen LogP contribution in [-0.2, 0) is 0 Å². The van der Waals surface area contributed by atoms with Crippen molar-refractivity contribution in [2.75, 3.05) is 13.6 Å². The van der Waals surface area contributed by atoms with Crippen LogP contribution in [0, 0.1) is 5.92 Å². The minimum Gasteiger partial charge on any atom is -0.342 e. The molecule has 1 amide bonds. The zero-order valence-electron chi connectivity index (χ0n) is 15.5. The lowest BCUT2D eigenvalue weighted by atomic mass is 9.97. The molecule has 140 valence electrons. The van der Waals surface area contributed by atoms with Crippen molar-refractivity contribution in [3.63, 3.8) is 0 Å². The second kappa shape index (κ2) is 10.1. The highest BCUT2D eigenvalue weighted by molar-refractivity contribution is 6.15. The Bertz CT molecular complexity index is 732. The molecule has 1 unspecified atom stereocenters. The summed E-state index contributed by atoms with van der Waals surface area (Å²) in [5.41, 5.74) is 7.50. The fourth-order valence-electron chi connectivity index (χ4n) is 2.60. The van der Waals surface area contributed by atoms with E-state index in [1.54, 1.807) is 48.3 Å². The van der Waals surface area contributed by atoms with Gasteiger partial charge in [0.15, 0.2) is 5.78 Å². The third-order valence-electron chi connectivity index (χ3n) is 4.44. The lowest BCUT2D eigenvalue weighted by Gasteiger charge is -2.22. The number of nitrogens with two attached hydrogens (primary N) is 1. The fraction of sp³-hybridized carbons (Fsp3) is 0.333. The summed E-state index contributed by atoms with van der Waals surface area (Å²) in [5, 5.41) is 0. The molecule has 0 radical (unpaired) electrons. The summed E-state index contributed by atoms with van der Waals surface area (Å²) in [6.45, 7) is 4.70. The summed E-state index contributed by atoms with van der Waals surface area (Å²) < 4.78 is 0. The van der Waals surface area contributed by atoms with E-state index in [9.17, 15) is 9.59 Å². The van der Waals surface area contributed by atoms with Crippen LogP contribution in [0.3, 0.4) is 0 Å². The van der Waals surface area contributed by atoms with Crippen molar-refractivity contribution < 1.29 is 9.59 Å². The van der Waals surface area contributed by atoms with Gasteiger partial charge >= 0.3 is 0 Å². The number of halogens is 1. The van der Waals surface area contributed by atoms with E-state index in [0.29, 0.717) is 29.2 Å². The molecule has 4 nitrogen and oxygen atoms in total. The minimum absolute atomic E-state index is 0. The number of nitrogens with zero attached hydrogens (tertiary/aromatic N) is 1. The van der Waals surface area contributed by atoms with Crippen molar-refractivity contribution in [3.05, 3.63) is 71.3 Å². The average molecular weight is 375 g/mol. The first-order chi connectivity index (χ1) is 11.9. The molecule has 1 atom stereocenters. The topological polar surface area (TPSA) is 63.4 Å². The maximum Gasteiger partial charge on any atom is 0.254 e. The summed E-state index contributed by atoms with van der Waals surface area (Å²) in [4.78, 5) is 27.2. The molecule has 0 fully saturated rings. The maximum absolute atomic E-state index is 12.8. The molecule has 0 aliphatic heterocycles. The van der Waals surface area contributed by atoms with Gasteiger partial charge in [0.2, 0.25) is 0 Å². The first-order valence-electron chi connectivity index (χ1n) is 8.61. The molecule has 0 aliphatic rings. The Hall–Kier alpha value is -2.17. The lowest BCUT2D eigenvalue weighted by molar-refractivity contribution is 0.0784. The van der Waals surface area contributed by atoms with Crippen LogP contribution in [0.25, 0.3) is 0 Å². The van der Waals surface area contributed by atoms with Gasteiger partial charge in [-0.1, -0.05) is 62.4 Å². The number of benzene rings is 2. The van der Waals surface area contributed by atoms with E-state index in [0.717, 1.165) is 6.42 Å². The molecular formula is C21H27ClN2O2. The van der Waals surface area contributed by atoms with Crippen LogP contribution in [0.2, 0.25) is 0 Å². The Labute approximate surface area is 161 Å². The molecule has 2 N–H and O–H groups in total. The predicted molar refractivity (Wildman–Crippen MR) is 108 cm³/mol. The zero-order chi connectivity index (χ0) is 18.4. The molecule has 0 saturated heterocycles. The molecule has 0 bridgehead atoms. The van der Waals surface area contributed by atoms with Crippen LogP contribution in [0.5, 0.6) is 0 Å². The van der Waals surface area contributed by atoms with E-state index in [4.69, 9.17) is 5.73 Å². The maximum atomic E-state index is 12.8. The summed E-state index contributed by atoms with van der Waals surface area (Å²) in [6, 6.07) is 16.0. The number of rotatable bonds is 7. The van der Waals surface area contributed by atoms with Gasteiger partial charge in [-0.3, -0.25) is 9.59 Å². The Morgan fingerprint density at radius 1 is 0.962 bits per heavy atom. The van der Waals surface area contributed by atoms with Gasteiger partial charge in [0.25, 0.3) is 5.91 Å². The van der Waals surface area contributed by atoms with Crippen LogP contribution >= 0.6 is 12.4 Å². The van der Waals surface area contributed by atoms with Crippen molar-refractivity contribution in [1.29, 1.82) is 0 Å². The molecule has 5 heteroatoms. The summed E-state index contributed by atoms with van der Waals surface area (Å²) in [6.07, 6.45) is 0.731. The van der Waals surface area contributed by atoms with Crippen molar-refractivity contribution in [1.82, 2.24) is 4.90 Å². The third-order valence-corrected chi connectivity index (χ3v) is 4.44. The van der Waals surface area contributed by atoms with Gasteiger partial charge < -0.3 is 10.6 Å². The third kappa shape index (κ3) is 5.41. The molecule has 2 rings (SSSR count). The van der Waals surface area contributed by atoms with Crippen molar-refractivity contribution in [2.45, 2.75) is 26.3 Å². The number of amides is 1. The first kappa shape index (κ1) is 21.9. The molecule has 0 aromatic heterocycles. The highest BCUT2D eigenvalue weighted by Crippen LogP contribution is 2.17. The smallest absolute Gasteiger partial charge is 0.254 e. The Morgan fingerprint density at radius 2 is 1.50 bits per heavy atom. The van der Waals surface area contributed by atoms with Gasteiger partial charge in [0, 0.05) is 30.8 Å². The van der Waals surface area contributed by atoms with Gasteiger partial charge in [-0.2, -0.15) is 0 Å². The standard InChI is InChI=1S/C21H26N2O2.ClH/c1-15(2)19(22)13-14-23(3)21(25)18-12-8-7-11-17(18)20(24)16-9-5-4-6-10-16;/h4-12,15,19H,13-14,22H2,1-3H3;1H. The molecule has 2 aromatic carbocycles. The molecule has 0 heterocycles. The van der Waals surface area contributed by atoms with Crippen molar-refractivity contribution in [3.8, 4) is 0 Å².